The van der Waals surface area contributed by atoms with Crippen molar-refractivity contribution in [3.8, 4) is 0 Å². The van der Waals surface area contributed by atoms with Gasteiger partial charge in [0, 0.05) is 13.0 Å². The molecule has 0 radical (unpaired) electrons. The zero-order valence-corrected chi connectivity index (χ0v) is 11.3. The van der Waals surface area contributed by atoms with Crippen LogP contribution in [-0.2, 0) is 4.79 Å². The molecule has 102 valence electrons. The minimum absolute atomic E-state index is 0.205. The molecule has 1 amide bonds. The standard InChI is InChI=1S/C15H26N2O/c16-3-1-2-14(18)17-10-15-7-11-4-12(8-15)6-13(5-11)9-15/h11-13H,1-10,16H2,(H,17,18). The van der Waals surface area contributed by atoms with Crippen molar-refractivity contribution in [1.29, 1.82) is 0 Å². The van der Waals surface area contributed by atoms with Crippen molar-refractivity contribution in [3.63, 3.8) is 0 Å². The van der Waals surface area contributed by atoms with E-state index >= 15 is 0 Å². The van der Waals surface area contributed by atoms with Crippen LogP contribution >= 0.6 is 0 Å². The summed E-state index contributed by atoms with van der Waals surface area (Å²) in [6.07, 6.45) is 9.94. The van der Waals surface area contributed by atoms with Gasteiger partial charge < -0.3 is 11.1 Å². The molecule has 0 saturated heterocycles. The van der Waals surface area contributed by atoms with Crippen molar-refractivity contribution >= 4 is 5.91 Å². The van der Waals surface area contributed by atoms with Gasteiger partial charge in [-0.25, -0.2) is 0 Å². The van der Waals surface area contributed by atoms with Crippen molar-refractivity contribution in [2.75, 3.05) is 13.1 Å². The molecule has 0 spiro atoms. The maximum absolute atomic E-state index is 11.7. The van der Waals surface area contributed by atoms with Crippen LogP contribution in [-0.4, -0.2) is 19.0 Å². The summed E-state index contributed by atoms with van der Waals surface area (Å²) < 4.78 is 0. The molecule has 4 saturated carbocycles. The topological polar surface area (TPSA) is 55.1 Å². The Bertz CT molecular complexity index is 291. The SMILES string of the molecule is NCCCC(=O)NCC12CC3CC(CC(C3)C1)C2. The number of amides is 1. The molecule has 3 N–H and O–H groups in total. The van der Waals surface area contributed by atoms with Crippen molar-refractivity contribution in [3.05, 3.63) is 0 Å². The highest BCUT2D eigenvalue weighted by atomic mass is 16.1. The van der Waals surface area contributed by atoms with Gasteiger partial charge in [0.15, 0.2) is 0 Å². The Morgan fingerprint density at radius 1 is 1.11 bits per heavy atom. The van der Waals surface area contributed by atoms with Crippen molar-refractivity contribution in [1.82, 2.24) is 5.32 Å². The fraction of sp³-hybridized carbons (Fsp3) is 0.933. The first-order chi connectivity index (χ1) is 8.69. The molecule has 0 unspecified atom stereocenters. The van der Waals surface area contributed by atoms with Crippen LogP contribution < -0.4 is 11.1 Å². The molecule has 0 atom stereocenters. The number of hydrogen-bond acceptors (Lipinski definition) is 2. The molecule has 0 aromatic carbocycles. The first kappa shape index (κ1) is 12.5. The highest BCUT2D eigenvalue weighted by Gasteiger charge is 2.50. The molecule has 3 heteroatoms. The van der Waals surface area contributed by atoms with E-state index in [1.807, 2.05) is 0 Å². The van der Waals surface area contributed by atoms with Gasteiger partial charge in [-0.1, -0.05) is 0 Å². The number of rotatable bonds is 5. The van der Waals surface area contributed by atoms with Crippen molar-refractivity contribution < 1.29 is 4.79 Å². The van der Waals surface area contributed by atoms with Crippen molar-refractivity contribution in [2.45, 2.75) is 51.4 Å². The zero-order valence-electron chi connectivity index (χ0n) is 11.3. The van der Waals surface area contributed by atoms with E-state index in [1.165, 1.54) is 38.5 Å². The quantitative estimate of drug-likeness (QED) is 0.784. The fourth-order valence-corrected chi connectivity index (χ4v) is 5.14. The lowest BCUT2D eigenvalue weighted by Gasteiger charge is -2.56. The van der Waals surface area contributed by atoms with Gasteiger partial charge in [-0.15, -0.1) is 0 Å². The summed E-state index contributed by atoms with van der Waals surface area (Å²) in [5.41, 5.74) is 5.90. The van der Waals surface area contributed by atoms with Crippen LogP contribution in [0.25, 0.3) is 0 Å². The zero-order chi connectivity index (χ0) is 12.6. The number of carbonyl (C=O) groups excluding carboxylic acids is 1. The molecule has 4 rings (SSSR count). The van der Waals surface area contributed by atoms with E-state index in [-0.39, 0.29) is 5.91 Å². The molecule has 4 bridgehead atoms. The van der Waals surface area contributed by atoms with Crippen LogP contribution in [0.1, 0.15) is 51.4 Å². The van der Waals surface area contributed by atoms with Gasteiger partial charge in [0.05, 0.1) is 0 Å². The Kier molecular flexibility index (Phi) is 3.35. The van der Waals surface area contributed by atoms with E-state index < -0.39 is 0 Å². The van der Waals surface area contributed by atoms with E-state index in [0.29, 0.717) is 18.4 Å². The number of nitrogens with two attached hydrogens (primary N) is 1. The predicted octanol–water partition coefficient (Wildman–Crippen LogP) is 2.06. The van der Waals surface area contributed by atoms with Crippen LogP contribution in [0.4, 0.5) is 0 Å². The Hall–Kier alpha value is -0.570. The van der Waals surface area contributed by atoms with Crippen LogP contribution in [0.15, 0.2) is 0 Å². The summed E-state index contributed by atoms with van der Waals surface area (Å²) in [6, 6.07) is 0. The third-order valence-corrected chi connectivity index (χ3v) is 5.43. The van der Waals surface area contributed by atoms with Crippen LogP contribution in [0.2, 0.25) is 0 Å². The second-order valence-electron chi connectivity index (χ2n) is 7.09. The first-order valence-electron chi connectivity index (χ1n) is 7.66. The smallest absolute Gasteiger partial charge is 0.220 e. The maximum Gasteiger partial charge on any atom is 0.220 e. The predicted molar refractivity (Wildman–Crippen MR) is 71.9 cm³/mol. The number of carbonyl (C=O) groups is 1. The van der Waals surface area contributed by atoms with E-state index in [0.717, 1.165) is 30.7 Å². The second kappa shape index (κ2) is 4.84. The second-order valence-corrected chi connectivity index (χ2v) is 7.09. The molecule has 0 heterocycles. The minimum Gasteiger partial charge on any atom is -0.356 e. The van der Waals surface area contributed by atoms with Gasteiger partial charge in [0.1, 0.15) is 0 Å². The lowest BCUT2D eigenvalue weighted by atomic mass is 9.49. The Morgan fingerprint density at radius 2 is 1.67 bits per heavy atom. The van der Waals surface area contributed by atoms with E-state index in [9.17, 15) is 4.79 Å². The highest BCUT2D eigenvalue weighted by molar-refractivity contribution is 5.75. The molecule has 0 aromatic rings. The van der Waals surface area contributed by atoms with Gasteiger partial charge in [-0.3, -0.25) is 4.79 Å². The molecule has 0 aliphatic heterocycles. The maximum atomic E-state index is 11.7. The average molecular weight is 250 g/mol. The largest absolute Gasteiger partial charge is 0.356 e. The van der Waals surface area contributed by atoms with E-state index in [1.54, 1.807) is 0 Å². The molecular formula is C15H26N2O. The average Bonchev–Trinajstić information content (AvgIpc) is 2.32. The monoisotopic (exact) mass is 250 g/mol. The summed E-state index contributed by atoms with van der Waals surface area (Å²) in [4.78, 5) is 11.7. The lowest BCUT2D eigenvalue weighted by molar-refractivity contribution is -0.123. The van der Waals surface area contributed by atoms with Crippen LogP contribution in [0.5, 0.6) is 0 Å². The van der Waals surface area contributed by atoms with E-state index in [2.05, 4.69) is 5.32 Å². The number of hydrogen-bond donors (Lipinski definition) is 2. The Balaban J connectivity index is 1.54. The Labute approximate surface area is 110 Å². The summed E-state index contributed by atoms with van der Waals surface area (Å²) in [7, 11) is 0. The van der Waals surface area contributed by atoms with Gasteiger partial charge in [-0.2, -0.15) is 0 Å². The van der Waals surface area contributed by atoms with Gasteiger partial charge in [0.25, 0.3) is 0 Å². The van der Waals surface area contributed by atoms with Gasteiger partial charge in [0.2, 0.25) is 5.91 Å². The Morgan fingerprint density at radius 3 is 2.17 bits per heavy atom. The molecular weight excluding hydrogens is 224 g/mol. The lowest BCUT2D eigenvalue weighted by Crippen LogP contribution is -2.51. The third kappa shape index (κ3) is 2.42. The number of nitrogens with one attached hydrogen (secondary N) is 1. The third-order valence-electron chi connectivity index (χ3n) is 5.43. The van der Waals surface area contributed by atoms with E-state index in [4.69, 9.17) is 5.73 Å². The molecule has 3 nitrogen and oxygen atoms in total. The fourth-order valence-electron chi connectivity index (χ4n) is 5.14. The molecule has 4 fully saturated rings. The van der Waals surface area contributed by atoms with Gasteiger partial charge >= 0.3 is 0 Å². The van der Waals surface area contributed by atoms with Gasteiger partial charge in [-0.05, 0) is 74.7 Å². The summed E-state index contributed by atoms with van der Waals surface area (Å²) in [5, 5.41) is 3.18. The normalized spacial score (nSPS) is 41.1. The first-order valence-corrected chi connectivity index (χ1v) is 7.66. The molecule has 4 aliphatic rings. The minimum atomic E-state index is 0.205. The van der Waals surface area contributed by atoms with Crippen LogP contribution in [0.3, 0.4) is 0 Å². The summed E-state index contributed by atoms with van der Waals surface area (Å²) in [6.45, 7) is 1.55. The molecule has 0 aromatic heterocycles. The summed E-state index contributed by atoms with van der Waals surface area (Å²) >= 11 is 0. The summed E-state index contributed by atoms with van der Waals surface area (Å²) in [5.74, 6) is 3.11. The molecule has 18 heavy (non-hydrogen) atoms. The van der Waals surface area contributed by atoms with Crippen molar-refractivity contribution in [2.24, 2.45) is 28.9 Å². The molecule has 4 aliphatic carbocycles. The van der Waals surface area contributed by atoms with Crippen LogP contribution in [0, 0.1) is 23.2 Å². The highest BCUT2D eigenvalue weighted by Crippen LogP contribution is 2.59.